The zero-order chi connectivity index (χ0) is 32.3. The van der Waals surface area contributed by atoms with Crippen molar-refractivity contribution in [1.29, 1.82) is 0 Å². The van der Waals surface area contributed by atoms with Gasteiger partial charge in [-0.25, -0.2) is 17.9 Å². The van der Waals surface area contributed by atoms with E-state index in [1.807, 2.05) is 13.8 Å². The fraction of sp³-hybridized carbons (Fsp3) is 0.562. The lowest BCUT2D eigenvalue weighted by molar-refractivity contribution is -0.120. The Balaban J connectivity index is 1.40. The van der Waals surface area contributed by atoms with Crippen molar-refractivity contribution >= 4 is 28.5 Å². The molecule has 0 spiro atoms. The van der Waals surface area contributed by atoms with E-state index < -0.39 is 46.4 Å². The summed E-state index contributed by atoms with van der Waals surface area (Å²) in [5.74, 6) is -2.15. The highest BCUT2D eigenvalue weighted by molar-refractivity contribution is 8.22. The molecule has 3 unspecified atom stereocenters. The molecule has 248 valence electrons. The first-order chi connectivity index (χ1) is 21.4. The van der Waals surface area contributed by atoms with Crippen LogP contribution in [0, 0.1) is 17.6 Å². The van der Waals surface area contributed by atoms with Gasteiger partial charge in [-0.1, -0.05) is 18.2 Å². The van der Waals surface area contributed by atoms with Gasteiger partial charge in [0.15, 0.2) is 0 Å². The minimum absolute atomic E-state index is 0.128. The van der Waals surface area contributed by atoms with Gasteiger partial charge in [-0.3, -0.25) is 13.9 Å². The van der Waals surface area contributed by atoms with Crippen molar-refractivity contribution in [2.45, 2.75) is 88.6 Å². The Kier molecular flexibility index (Phi) is 10.7. The van der Waals surface area contributed by atoms with E-state index in [9.17, 15) is 28.2 Å². The number of nitrogens with one attached hydrogen (secondary N) is 3. The number of nitrogens with zero attached hydrogens (tertiary/aromatic N) is 1. The summed E-state index contributed by atoms with van der Waals surface area (Å²) in [7, 11) is -2.93. The van der Waals surface area contributed by atoms with Crippen LogP contribution in [-0.2, 0) is 16.0 Å². The topological polar surface area (TPSA) is 143 Å². The quantitative estimate of drug-likeness (QED) is 0.207. The smallest absolute Gasteiger partial charge is 0.405 e. The maximum absolute atomic E-state index is 15.3. The molecule has 3 saturated heterocycles. The summed E-state index contributed by atoms with van der Waals surface area (Å²) >= 11 is 0. The molecular formula is C32H44F2N4O6S. The largest absolute Gasteiger partial charge is 0.465 e. The molecule has 3 heterocycles. The highest BCUT2D eigenvalue weighted by Gasteiger charge is 2.41. The highest BCUT2D eigenvalue weighted by atomic mass is 32.3. The summed E-state index contributed by atoms with van der Waals surface area (Å²) < 4.78 is 58.6. The van der Waals surface area contributed by atoms with Gasteiger partial charge in [-0.15, -0.1) is 10.8 Å². The Morgan fingerprint density at radius 2 is 1.82 bits per heavy atom. The normalized spacial score (nSPS) is 29.9. The van der Waals surface area contributed by atoms with Gasteiger partial charge in [0, 0.05) is 42.3 Å². The first-order valence-corrected chi connectivity index (χ1v) is 17.3. The molecule has 3 aliphatic rings. The lowest BCUT2D eigenvalue weighted by atomic mass is 9.74. The van der Waals surface area contributed by atoms with Gasteiger partial charge in [0.25, 0.3) is 0 Å². The molecule has 8 atom stereocenters. The van der Waals surface area contributed by atoms with Crippen molar-refractivity contribution in [2.24, 2.45) is 5.92 Å². The number of benzene rings is 2. The lowest BCUT2D eigenvalue weighted by Gasteiger charge is -2.49. The molecule has 3 fully saturated rings. The third kappa shape index (κ3) is 8.13. The molecule has 0 saturated carbocycles. The standard InChI is InChI=1S/C32H44F2N4O6S/c1-19-15-22(16-20(2)44-19)29(21-8-10-23(33)11-9-21)30(37-32(40)41)31(39)36-28-7-3-6-27(34)26(28)13-12-25-17-35-24-5-4-14-45(42,43)38(25)18-24/h3,6-11,19-20,22,24-25,29-30,35,37,42-43H,4-5,12-18H2,1-2H3,(H,36,39)(H,40,41)/t19-,20+,22?,24-,25+,29?,30+/m1/s1. The van der Waals surface area contributed by atoms with E-state index in [1.54, 1.807) is 22.5 Å². The molecular weight excluding hydrogens is 606 g/mol. The first kappa shape index (κ1) is 33.6. The van der Waals surface area contributed by atoms with Crippen LogP contribution >= 0.6 is 10.8 Å². The van der Waals surface area contributed by atoms with Crippen molar-refractivity contribution in [3.63, 3.8) is 0 Å². The minimum atomic E-state index is -2.93. The number of carbonyl (C=O) groups excluding carboxylic acids is 1. The average molecular weight is 651 g/mol. The van der Waals surface area contributed by atoms with E-state index in [-0.39, 0.29) is 47.9 Å². The van der Waals surface area contributed by atoms with Crippen LogP contribution in [0.4, 0.5) is 19.3 Å². The van der Waals surface area contributed by atoms with E-state index in [0.29, 0.717) is 50.1 Å². The third-order valence-corrected chi connectivity index (χ3v) is 11.4. The average Bonchev–Trinajstić information content (AvgIpc) is 3.08. The van der Waals surface area contributed by atoms with E-state index in [1.165, 1.54) is 24.3 Å². The predicted molar refractivity (Wildman–Crippen MR) is 169 cm³/mol. The fourth-order valence-electron chi connectivity index (χ4n) is 7.35. The van der Waals surface area contributed by atoms with Crippen molar-refractivity contribution < 1.29 is 37.3 Å². The summed E-state index contributed by atoms with van der Waals surface area (Å²) in [6.45, 7) is 4.89. The molecule has 6 N–H and O–H groups in total. The first-order valence-electron chi connectivity index (χ1n) is 15.7. The van der Waals surface area contributed by atoms with Crippen LogP contribution in [0.5, 0.6) is 0 Å². The van der Waals surface area contributed by atoms with Crippen molar-refractivity contribution in [3.8, 4) is 0 Å². The van der Waals surface area contributed by atoms with Crippen LogP contribution in [0.15, 0.2) is 42.5 Å². The Bertz CT molecular complexity index is 1340. The maximum Gasteiger partial charge on any atom is 0.405 e. The van der Waals surface area contributed by atoms with E-state index >= 15 is 4.39 Å². The highest BCUT2D eigenvalue weighted by Crippen LogP contribution is 2.49. The Hall–Kier alpha value is -2.81. The summed E-state index contributed by atoms with van der Waals surface area (Å²) in [6.07, 6.45) is 1.67. The monoisotopic (exact) mass is 650 g/mol. The van der Waals surface area contributed by atoms with Gasteiger partial charge in [-0.2, -0.15) is 0 Å². The van der Waals surface area contributed by atoms with Crippen LogP contribution in [-0.4, -0.2) is 79.7 Å². The zero-order valence-electron chi connectivity index (χ0n) is 25.6. The second kappa shape index (κ2) is 14.3. The van der Waals surface area contributed by atoms with Crippen LogP contribution in [0.1, 0.15) is 63.0 Å². The zero-order valence-corrected chi connectivity index (χ0v) is 26.4. The van der Waals surface area contributed by atoms with Crippen LogP contribution in [0.3, 0.4) is 0 Å². The van der Waals surface area contributed by atoms with E-state index in [2.05, 4.69) is 16.0 Å². The number of hydrogen-bond acceptors (Lipinski definition) is 7. The number of rotatable bonds is 9. The number of hydrogen-bond donors (Lipinski definition) is 6. The molecule has 2 aromatic carbocycles. The molecule has 0 aromatic heterocycles. The second-order valence-corrected chi connectivity index (χ2v) is 14.8. The number of fused-ring (bicyclic) bond motifs is 2. The molecule has 0 radical (unpaired) electrons. The number of carbonyl (C=O) groups is 2. The fourth-order valence-corrected chi connectivity index (χ4v) is 9.21. The van der Waals surface area contributed by atoms with Gasteiger partial charge >= 0.3 is 6.09 Å². The Labute approximate surface area is 264 Å². The predicted octanol–water partition coefficient (Wildman–Crippen LogP) is 5.56. The number of piperazine rings is 1. The van der Waals surface area contributed by atoms with Gasteiger partial charge in [0.2, 0.25) is 5.91 Å². The SMILES string of the molecule is C[C@@H]1CC(C(c2ccc(F)cc2)[C@H](NC(=O)O)C(=O)Nc2cccc(F)c2CC[C@H]2CN[C@@H]3CCCS(O)(O)N2C3)C[C@H](C)O1. The van der Waals surface area contributed by atoms with Gasteiger partial charge < -0.3 is 25.8 Å². The molecule has 2 bridgehead atoms. The maximum atomic E-state index is 15.3. The molecule has 5 rings (SSSR count). The molecule has 13 heteroatoms. The van der Waals surface area contributed by atoms with Gasteiger partial charge in [0.05, 0.1) is 18.0 Å². The Morgan fingerprint density at radius 3 is 2.51 bits per heavy atom. The van der Waals surface area contributed by atoms with Gasteiger partial charge in [-0.05, 0) is 88.1 Å². The van der Waals surface area contributed by atoms with E-state index in [4.69, 9.17) is 4.74 Å². The molecule has 45 heavy (non-hydrogen) atoms. The summed E-state index contributed by atoms with van der Waals surface area (Å²) in [5, 5.41) is 18.5. The van der Waals surface area contributed by atoms with Crippen LogP contribution < -0.4 is 16.0 Å². The molecule has 3 aliphatic heterocycles. The van der Waals surface area contributed by atoms with Crippen molar-refractivity contribution in [2.75, 3.05) is 24.2 Å². The molecule has 0 aliphatic carbocycles. The number of anilines is 1. The minimum Gasteiger partial charge on any atom is -0.465 e. The number of amides is 2. The third-order valence-electron chi connectivity index (χ3n) is 9.32. The number of halogens is 2. The van der Waals surface area contributed by atoms with Crippen LogP contribution in [0.2, 0.25) is 0 Å². The Morgan fingerprint density at radius 1 is 1.11 bits per heavy atom. The van der Waals surface area contributed by atoms with E-state index in [0.717, 1.165) is 6.42 Å². The summed E-state index contributed by atoms with van der Waals surface area (Å²) in [4.78, 5) is 26.1. The molecule has 2 amide bonds. The number of ether oxygens (including phenoxy) is 1. The summed E-state index contributed by atoms with van der Waals surface area (Å²) in [5.41, 5.74) is 1.07. The molecule has 2 aromatic rings. The van der Waals surface area contributed by atoms with Crippen LogP contribution in [0.25, 0.3) is 0 Å². The van der Waals surface area contributed by atoms with Crippen molar-refractivity contribution in [3.05, 3.63) is 65.2 Å². The van der Waals surface area contributed by atoms with Crippen molar-refractivity contribution in [1.82, 2.24) is 14.9 Å². The second-order valence-electron chi connectivity index (χ2n) is 12.6. The summed E-state index contributed by atoms with van der Waals surface area (Å²) in [6, 6.07) is 8.74. The lowest BCUT2D eigenvalue weighted by Crippen LogP contribution is -2.55. The molecule has 10 nitrogen and oxygen atoms in total. The number of carboxylic acid groups (broad SMARTS) is 1. The van der Waals surface area contributed by atoms with Gasteiger partial charge in [0.1, 0.15) is 17.7 Å².